The quantitative estimate of drug-likeness (QED) is 0.798. The van der Waals surface area contributed by atoms with E-state index in [1.165, 1.54) is 11.9 Å². The fourth-order valence-electron chi connectivity index (χ4n) is 1.73. The molecule has 0 aliphatic heterocycles. The van der Waals surface area contributed by atoms with Gasteiger partial charge in [-0.05, 0) is 12.5 Å². The standard InChI is InChI=1S/C16H18N4O/c1-3-8-17-16(21)14-9-15(20-11-19-14)18-10-13-6-4-12(2)5-7-13/h3-7,9,11H,1,8,10H2,2H3,(H,17,21)(H,18,19,20). The molecule has 1 heterocycles. The number of benzene rings is 1. The highest BCUT2D eigenvalue weighted by Gasteiger charge is 2.07. The van der Waals surface area contributed by atoms with Crippen molar-refractivity contribution in [1.29, 1.82) is 0 Å². The molecule has 0 saturated heterocycles. The minimum atomic E-state index is -0.240. The Kier molecular flexibility index (Phi) is 5.04. The Balaban J connectivity index is 1.99. The van der Waals surface area contributed by atoms with Crippen LogP contribution >= 0.6 is 0 Å². The highest BCUT2D eigenvalue weighted by Crippen LogP contribution is 2.08. The van der Waals surface area contributed by atoms with Crippen molar-refractivity contribution in [3.05, 3.63) is 66.1 Å². The lowest BCUT2D eigenvalue weighted by Gasteiger charge is -2.07. The lowest BCUT2D eigenvalue weighted by atomic mass is 10.1. The summed E-state index contributed by atoms with van der Waals surface area (Å²) in [5.74, 6) is 0.380. The lowest BCUT2D eigenvalue weighted by Crippen LogP contribution is -2.24. The molecule has 0 aliphatic rings. The Morgan fingerprint density at radius 1 is 1.29 bits per heavy atom. The van der Waals surface area contributed by atoms with Gasteiger partial charge in [0, 0.05) is 19.2 Å². The van der Waals surface area contributed by atoms with Crippen molar-refractivity contribution in [3.63, 3.8) is 0 Å². The number of carbonyl (C=O) groups excluding carboxylic acids is 1. The second-order valence-electron chi connectivity index (χ2n) is 4.63. The third kappa shape index (κ3) is 4.42. The summed E-state index contributed by atoms with van der Waals surface area (Å²) in [6.45, 7) is 6.66. The van der Waals surface area contributed by atoms with Crippen LogP contribution in [0.15, 0.2) is 49.3 Å². The molecule has 0 unspecified atom stereocenters. The first-order chi connectivity index (χ1) is 10.2. The average Bonchev–Trinajstić information content (AvgIpc) is 2.52. The second-order valence-corrected chi connectivity index (χ2v) is 4.63. The van der Waals surface area contributed by atoms with Gasteiger partial charge in [-0.15, -0.1) is 6.58 Å². The van der Waals surface area contributed by atoms with E-state index in [9.17, 15) is 4.79 Å². The minimum Gasteiger partial charge on any atom is -0.366 e. The first-order valence-corrected chi connectivity index (χ1v) is 6.69. The third-order valence-electron chi connectivity index (χ3n) is 2.90. The second kappa shape index (κ2) is 7.19. The maximum absolute atomic E-state index is 11.8. The van der Waals surface area contributed by atoms with Crippen LogP contribution in [0.4, 0.5) is 5.82 Å². The highest BCUT2D eigenvalue weighted by molar-refractivity contribution is 5.92. The fraction of sp³-hybridized carbons (Fsp3) is 0.188. The van der Waals surface area contributed by atoms with Crippen LogP contribution in [0.3, 0.4) is 0 Å². The topological polar surface area (TPSA) is 66.9 Å². The van der Waals surface area contributed by atoms with Gasteiger partial charge in [-0.25, -0.2) is 9.97 Å². The van der Waals surface area contributed by atoms with Gasteiger partial charge in [0.15, 0.2) is 0 Å². The van der Waals surface area contributed by atoms with Crippen molar-refractivity contribution in [3.8, 4) is 0 Å². The van der Waals surface area contributed by atoms with E-state index in [1.54, 1.807) is 12.1 Å². The normalized spacial score (nSPS) is 9.95. The zero-order valence-corrected chi connectivity index (χ0v) is 12.0. The zero-order valence-electron chi connectivity index (χ0n) is 12.0. The lowest BCUT2D eigenvalue weighted by molar-refractivity contribution is 0.0953. The molecule has 1 aromatic heterocycles. The smallest absolute Gasteiger partial charge is 0.270 e. The van der Waals surface area contributed by atoms with Crippen molar-refractivity contribution in [1.82, 2.24) is 15.3 Å². The summed E-state index contributed by atoms with van der Waals surface area (Å²) in [7, 11) is 0. The zero-order chi connectivity index (χ0) is 15.1. The summed E-state index contributed by atoms with van der Waals surface area (Å²) < 4.78 is 0. The van der Waals surface area contributed by atoms with Crippen LogP contribution in [0.25, 0.3) is 0 Å². The van der Waals surface area contributed by atoms with E-state index in [2.05, 4.69) is 58.4 Å². The van der Waals surface area contributed by atoms with Crippen LogP contribution in [-0.4, -0.2) is 22.4 Å². The van der Waals surface area contributed by atoms with E-state index < -0.39 is 0 Å². The van der Waals surface area contributed by atoms with Gasteiger partial charge in [-0.3, -0.25) is 4.79 Å². The van der Waals surface area contributed by atoms with E-state index in [0.29, 0.717) is 24.6 Å². The molecule has 2 aromatic rings. The van der Waals surface area contributed by atoms with Crippen molar-refractivity contribution in [2.45, 2.75) is 13.5 Å². The summed E-state index contributed by atoms with van der Waals surface area (Å²) in [5.41, 5.74) is 2.71. The van der Waals surface area contributed by atoms with Crippen LogP contribution in [-0.2, 0) is 6.54 Å². The Labute approximate surface area is 124 Å². The molecule has 0 radical (unpaired) electrons. The fourth-order valence-corrected chi connectivity index (χ4v) is 1.73. The monoisotopic (exact) mass is 282 g/mol. The van der Waals surface area contributed by atoms with E-state index in [-0.39, 0.29) is 5.91 Å². The van der Waals surface area contributed by atoms with E-state index in [4.69, 9.17) is 0 Å². The molecule has 0 saturated carbocycles. The van der Waals surface area contributed by atoms with Gasteiger partial charge in [0.2, 0.25) is 0 Å². The Bertz CT molecular complexity index is 622. The first-order valence-electron chi connectivity index (χ1n) is 6.69. The predicted octanol–water partition coefficient (Wildman–Crippen LogP) is 2.31. The number of anilines is 1. The van der Waals surface area contributed by atoms with E-state index in [0.717, 1.165) is 5.56 Å². The SMILES string of the molecule is C=CCNC(=O)c1cc(NCc2ccc(C)cc2)ncn1. The van der Waals surface area contributed by atoms with E-state index in [1.807, 2.05) is 0 Å². The van der Waals surface area contributed by atoms with Crippen molar-refractivity contribution in [2.24, 2.45) is 0 Å². The number of aryl methyl sites for hydroxylation is 1. The Hall–Kier alpha value is -2.69. The Morgan fingerprint density at radius 2 is 2.05 bits per heavy atom. The van der Waals surface area contributed by atoms with Gasteiger partial charge in [0.05, 0.1) is 0 Å². The summed E-state index contributed by atoms with van der Waals surface area (Å²) in [6, 6.07) is 9.87. The molecule has 1 amide bonds. The summed E-state index contributed by atoms with van der Waals surface area (Å²) in [4.78, 5) is 19.9. The number of nitrogens with one attached hydrogen (secondary N) is 2. The molecule has 5 heteroatoms. The van der Waals surface area contributed by atoms with Gasteiger partial charge in [-0.1, -0.05) is 35.9 Å². The van der Waals surface area contributed by atoms with Crippen molar-refractivity contribution in [2.75, 3.05) is 11.9 Å². The number of amides is 1. The molecule has 0 atom stereocenters. The molecule has 0 spiro atoms. The van der Waals surface area contributed by atoms with Crippen LogP contribution in [0.5, 0.6) is 0 Å². The van der Waals surface area contributed by atoms with Crippen LogP contribution in [0.2, 0.25) is 0 Å². The number of hydrogen-bond acceptors (Lipinski definition) is 4. The van der Waals surface area contributed by atoms with Crippen molar-refractivity contribution >= 4 is 11.7 Å². The predicted molar refractivity (Wildman–Crippen MR) is 83.1 cm³/mol. The van der Waals surface area contributed by atoms with Gasteiger partial charge in [0.1, 0.15) is 17.8 Å². The number of aromatic nitrogens is 2. The van der Waals surface area contributed by atoms with Gasteiger partial charge in [-0.2, -0.15) is 0 Å². The summed E-state index contributed by atoms with van der Waals surface area (Å²) >= 11 is 0. The first kappa shape index (κ1) is 14.7. The largest absolute Gasteiger partial charge is 0.366 e. The molecule has 5 nitrogen and oxygen atoms in total. The number of hydrogen-bond donors (Lipinski definition) is 2. The van der Waals surface area contributed by atoms with Crippen LogP contribution < -0.4 is 10.6 Å². The van der Waals surface area contributed by atoms with Gasteiger partial charge < -0.3 is 10.6 Å². The molecule has 108 valence electrons. The average molecular weight is 282 g/mol. The summed E-state index contributed by atoms with van der Waals surface area (Å²) in [5, 5.41) is 5.86. The van der Waals surface area contributed by atoms with Crippen LogP contribution in [0.1, 0.15) is 21.6 Å². The molecule has 2 rings (SSSR count). The minimum absolute atomic E-state index is 0.240. The molecule has 21 heavy (non-hydrogen) atoms. The third-order valence-corrected chi connectivity index (χ3v) is 2.90. The Morgan fingerprint density at radius 3 is 2.76 bits per heavy atom. The number of carbonyl (C=O) groups is 1. The number of nitrogens with zero attached hydrogens (tertiary/aromatic N) is 2. The maximum atomic E-state index is 11.8. The van der Waals surface area contributed by atoms with Gasteiger partial charge >= 0.3 is 0 Å². The molecule has 0 bridgehead atoms. The molecule has 1 aromatic carbocycles. The molecule has 0 aliphatic carbocycles. The maximum Gasteiger partial charge on any atom is 0.270 e. The van der Waals surface area contributed by atoms with E-state index >= 15 is 0 Å². The summed E-state index contributed by atoms with van der Waals surface area (Å²) in [6.07, 6.45) is 3.00. The highest BCUT2D eigenvalue weighted by atomic mass is 16.1. The van der Waals surface area contributed by atoms with Crippen LogP contribution in [0, 0.1) is 6.92 Å². The molecular formula is C16H18N4O. The number of rotatable bonds is 6. The molecule has 2 N–H and O–H groups in total. The molecule has 0 fully saturated rings. The van der Waals surface area contributed by atoms with Gasteiger partial charge in [0.25, 0.3) is 5.91 Å². The molecular weight excluding hydrogens is 264 g/mol. The van der Waals surface area contributed by atoms with Crippen molar-refractivity contribution < 1.29 is 4.79 Å².